The molecule has 2 aliphatic heterocycles. The molecule has 0 fully saturated rings. The van der Waals surface area contributed by atoms with Gasteiger partial charge in [0.05, 0.1) is 5.69 Å². The van der Waals surface area contributed by atoms with E-state index in [9.17, 15) is 0 Å². The third-order valence-electron chi connectivity index (χ3n) is 14.5. The molecule has 2 aliphatic rings. The fourth-order valence-electron chi connectivity index (χ4n) is 11.2. The molecule has 4 heteroatoms. The molecule has 340 valence electrons. The lowest BCUT2D eigenvalue weighted by atomic mass is 9.33. The standard InChI is InChI=1S/C68H50BN3/c1-47-19-15-31-57(39-47)70(58-32-16-20-48(2)40-58)61-45-66-68-67(46-61)72(60-34-18-30-54(42-60)50-23-9-4-10-24-50)65-44-56(52-27-13-6-14-28-52)36-38-63(65)69(68)62-37-35-55(51-25-11-5-12-26-51)43-64(62)71(66)59-33-17-29-53(41-59)49-21-7-3-8-22-49/h3-46H,1-2H3. The lowest BCUT2D eigenvalue weighted by molar-refractivity contribution is 1.22. The maximum absolute atomic E-state index is 2.56. The summed E-state index contributed by atoms with van der Waals surface area (Å²) in [6, 6.07) is 98.5. The van der Waals surface area contributed by atoms with E-state index in [4.69, 9.17) is 0 Å². The summed E-state index contributed by atoms with van der Waals surface area (Å²) in [4.78, 5) is 7.56. The quantitative estimate of drug-likeness (QED) is 0.134. The minimum Gasteiger partial charge on any atom is -0.311 e. The van der Waals surface area contributed by atoms with Gasteiger partial charge in [-0.25, -0.2) is 0 Å². The van der Waals surface area contributed by atoms with E-state index < -0.39 is 0 Å². The van der Waals surface area contributed by atoms with Crippen molar-refractivity contribution >= 4 is 74.3 Å². The van der Waals surface area contributed by atoms with E-state index in [-0.39, 0.29) is 6.71 Å². The normalized spacial score (nSPS) is 12.2. The van der Waals surface area contributed by atoms with Crippen LogP contribution in [0.15, 0.2) is 267 Å². The molecule has 0 aromatic heterocycles. The summed E-state index contributed by atoms with van der Waals surface area (Å²) in [5, 5.41) is 0. The highest BCUT2D eigenvalue weighted by molar-refractivity contribution is 7.00. The molecule has 0 N–H and O–H groups in total. The Kier molecular flexibility index (Phi) is 10.7. The van der Waals surface area contributed by atoms with E-state index in [2.05, 4.69) is 295 Å². The molecular weight excluding hydrogens is 870 g/mol. The highest BCUT2D eigenvalue weighted by Gasteiger charge is 2.44. The second-order valence-electron chi connectivity index (χ2n) is 19.1. The minimum atomic E-state index is -0.0859. The number of anilines is 9. The van der Waals surface area contributed by atoms with Crippen molar-refractivity contribution in [2.24, 2.45) is 0 Å². The maximum Gasteiger partial charge on any atom is 0.252 e. The van der Waals surface area contributed by atoms with Crippen molar-refractivity contribution < 1.29 is 0 Å². The SMILES string of the molecule is Cc1cccc(N(c2cccc(C)c2)c2cc3c4c(c2)N(c2cccc(-c5ccccc5)c2)c2cc(-c5ccccc5)ccc2B4c2ccc(-c4ccccc4)cc2N3c2cccc(-c3ccccc3)c2)c1. The van der Waals surface area contributed by atoms with Crippen LogP contribution in [0.3, 0.4) is 0 Å². The monoisotopic (exact) mass is 919 g/mol. The molecule has 0 bridgehead atoms. The number of hydrogen-bond donors (Lipinski definition) is 0. The predicted molar refractivity (Wildman–Crippen MR) is 306 cm³/mol. The van der Waals surface area contributed by atoms with Crippen LogP contribution in [0.4, 0.5) is 51.2 Å². The molecule has 0 amide bonds. The van der Waals surface area contributed by atoms with Crippen molar-refractivity contribution in [3.8, 4) is 44.5 Å². The van der Waals surface area contributed by atoms with Gasteiger partial charge in [-0.15, -0.1) is 0 Å². The van der Waals surface area contributed by atoms with Gasteiger partial charge in [0.25, 0.3) is 6.71 Å². The zero-order valence-corrected chi connectivity index (χ0v) is 40.3. The first kappa shape index (κ1) is 42.9. The average Bonchev–Trinajstić information content (AvgIpc) is 3.44. The summed E-state index contributed by atoms with van der Waals surface area (Å²) in [5.41, 5.74) is 25.7. The van der Waals surface area contributed by atoms with Crippen molar-refractivity contribution in [1.82, 2.24) is 0 Å². The zero-order chi connectivity index (χ0) is 48.1. The average molecular weight is 920 g/mol. The van der Waals surface area contributed by atoms with Gasteiger partial charge < -0.3 is 14.7 Å². The van der Waals surface area contributed by atoms with E-state index in [1.54, 1.807) is 0 Å². The fraction of sp³-hybridized carbons (Fsp3) is 0.0294. The molecule has 0 atom stereocenters. The number of rotatable bonds is 9. The Labute approximate surface area is 423 Å². The minimum absolute atomic E-state index is 0.0859. The van der Waals surface area contributed by atoms with Crippen LogP contribution in [0.25, 0.3) is 44.5 Å². The van der Waals surface area contributed by atoms with Gasteiger partial charge in [-0.3, -0.25) is 0 Å². The third-order valence-corrected chi connectivity index (χ3v) is 14.5. The van der Waals surface area contributed by atoms with Crippen molar-refractivity contribution in [2.45, 2.75) is 13.8 Å². The highest BCUT2D eigenvalue weighted by Crippen LogP contribution is 2.50. The summed E-state index contributed by atoms with van der Waals surface area (Å²) in [7, 11) is 0. The van der Waals surface area contributed by atoms with Gasteiger partial charge in [-0.05, 0) is 159 Å². The van der Waals surface area contributed by atoms with Crippen LogP contribution in [0.5, 0.6) is 0 Å². The van der Waals surface area contributed by atoms with Crippen molar-refractivity contribution in [2.75, 3.05) is 14.7 Å². The summed E-state index contributed by atoms with van der Waals surface area (Å²) in [6.07, 6.45) is 0. The molecule has 0 saturated heterocycles. The molecule has 0 aliphatic carbocycles. The van der Waals surface area contributed by atoms with Crippen LogP contribution >= 0.6 is 0 Å². The van der Waals surface area contributed by atoms with E-state index in [0.717, 1.165) is 51.2 Å². The largest absolute Gasteiger partial charge is 0.311 e. The summed E-state index contributed by atoms with van der Waals surface area (Å²) in [5.74, 6) is 0. The molecule has 0 spiro atoms. The topological polar surface area (TPSA) is 9.72 Å². The van der Waals surface area contributed by atoms with Crippen molar-refractivity contribution in [3.05, 3.63) is 278 Å². The van der Waals surface area contributed by atoms with Gasteiger partial charge in [0.15, 0.2) is 0 Å². The van der Waals surface area contributed by atoms with Gasteiger partial charge in [0.2, 0.25) is 0 Å². The first-order valence-corrected chi connectivity index (χ1v) is 24.9. The second-order valence-corrected chi connectivity index (χ2v) is 19.1. The Morgan fingerprint density at radius 1 is 0.278 bits per heavy atom. The van der Waals surface area contributed by atoms with E-state index in [1.165, 1.54) is 72.0 Å². The first-order chi connectivity index (χ1) is 35.5. The maximum atomic E-state index is 2.56. The number of hydrogen-bond acceptors (Lipinski definition) is 3. The molecule has 11 aromatic carbocycles. The second kappa shape index (κ2) is 18.0. The smallest absolute Gasteiger partial charge is 0.252 e. The molecule has 13 rings (SSSR count). The van der Waals surface area contributed by atoms with Gasteiger partial charge in [-0.1, -0.05) is 194 Å². The van der Waals surface area contributed by atoms with Crippen LogP contribution in [-0.4, -0.2) is 6.71 Å². The van der Waals surface area contributed by atoms with Crippen molar-refractivity contribution in [3.63, 3.8) is 0 Å². The lowest BCUT2D eigenvalue weighted by Crippen LogP contribution is -2.61. The molecule has 3 nitrogen and oxygen atoms in total. The summed E-state index contributed by atoms with van der Waals surface area (Å²) >= 11 is 0. The molecule has 11 aromatic rings. The molecule has 0 radical (unpaired) electrons. The molecule has 0 unspecified atom stereocenters. The summed E-state index contributed by atoms with van der Waals surface area (Å²) < 4.78 is 0. The fourth-order valence-corrected chi connectivity index (χ4v) is 11.2. The van der Waals surface area contributed by atoms with E-state index in [1.807, 2.05) is 0 Å². The van der Waals surface area contributed by atoms with Crippen LogP contribution < -0.4 is 31.1 Å². The van der Waals surface area contributed by atoms with Crippen LogP contribution in [-0.2, 0) is 0 Å². The zero-order valence-electron chi connectivity index (χ0n) is 40.3. The van der Waals surface area contributed by atoms with Gasteiger partial charge in [0.1, 0.15) is 0 Å². The van der Waals surface area contributed by atoms with Crippen LogP contribution in [0.2, 0.25) is 0 Å². The Morgan fingerprint density at radius 2 is 0.639 bits per heavy atom. The Morgan fingerprint density at radius 3 is 1.03 bits per heavy atom. The van der Waals surface area contributed by atoms with Gasteiger partial charge in [0, 0.05) is 45.5 Å². The van der Waals surface area contributed by atoms with E-state index in [0.29, 0.717) is 0 Å². The third kappa shape index (κ3) is 7.66. The number of fused-ring (bicyclic) bond motifs is 4. The van der Waals surface area contributed by atoms with Crippen LogP contribution in [0.1, 0.15) is 11.1 Å². The molecule has 2 heterocycles. The molecular formula is C68H50BN3. The van der Waals surface area contributed by atoms with E-state index >= 15 is 0 Å². The van der Waals surface area contributed by atoms with Gasteiger partial charge in [-0.2, -0.15) is 0 Å². The Bertz CT molecular complexity index is 3550. The van der Waals surface area contributed by atoms with Gasteiger partial charge >= 0.3 is 0 Å². The predicted octanol–water partition coefficient (Wildman–Crippen LogP) is 16.5. The number of aryl methyl sites for hydroxylation is 2. The molecule has 72 heavy (non-hydrogen) atoms. The highest BCUT2D eigenvalue weighted by atomic mass is 15.2. The Balaban J connectivity index is 1.16. The Hall–Kier alpha value is -9.12. The molecule has 0 saturated carbocycles. The van der Waals surface area contributed by atoms with Crippen molar-refractivity contribution in [1.29, 1.82) is 0 Å². The number of benzene rings is 11. The lowest BCUT2D eigenvalue weighted by Gasteiger charge is -2.45. The summed E-state index contributed by atoms with van der Waals surface area (Å²) in [6.45, 7) is 4.28. The van der Waals surface area contributed by atoms with Crippen LogP contribution in [0, 0.1) is 13.8 Å². The first-order valence-electron chi connectivity index (χ1n) is 24.9. The number of nitrogens with zero attached hydrogens (tertiary/aromatic N) is 3.